The van der Waals surface area contributed by atoms with E-state index in [4.69, 9.17) is 4.74 Å². The third-order valence-electron chi connectivity index (χ3n) is 6.20. The second-order valence-electron chi connectivity index (χ2n) is 8.66. The van der Waals surface area contributed by atoms with Crippen LogP contribution in [-0.2, 0) is 16.4 Å². The van der Waals surface area contributed by atoms with Gasteiger partial charge in [-0.1, -0.05) is 18.2 Å². The number of halogens is 7. The van der Waals surface area contributed by atoms with Crippen LogP contribution in [0.2, 0.25) is 0 Å². The lowest BCUT2D eigenvalue weighted by molar-refractivity contribution is -0.00555. The number of nitrogens with one attached hydrogen (secondary N) is 1. The molecule has 7 nitrogen and oxygen atoms in total. The average Bonchev–Trinajstić information content (AvgIpc) is 3.04. The normalized spacial score (nSPS) is 22.0. The predicted molar refractivity (Wildman–Crippen MR) is 116 cm³/mol. The maximum Gasteiger partial charge on any atom is 0.350 e. The van der Waals surface area contributed by atoms with E-state index in [1.165, 1.54) is 17.8 Å². The average molecular weight is 555 g/mol. The van der Waals surface area contributed by atoms with Crippen LogP contribution in [0.4, 0.5) is 35.5 Å². The highest BCUT2D eigenvalue weighted by Gasteiger charge is 2.58. The molecule has 0 aliphatic carbocycles. The summed E-state index contributed by atoms with van der Waals surface area (Å²) in [6.45, 7) is -2.05. The number of amides is 2. The Morgan fingerprint density at radius 3 is 2.51 bits per heavy atom. The van der Waals surface area contributed by atoms with Crippen molar-refractivity contribution in [2.75, 3.05) is 26.7 Å². The molecule has 0 saturated carbocycles. The number of carbonyl (C=O) groups is 1. The van der Waals surface area contributed by atoms with E-state index in [1.54, 1.807) is 0 Å². The number of benzene rings is 2. The largest absolute Gasteiger partial charge is 0.488 e. The van der Waals surface area contributed by atoms with Crippen LogP contribution < -0.4 is 9.46 Å². The zero-order chi connectivity index (χ0) is 27.3. The van der Waals surface area contributed by atoms with Gasteiger partial charge in [0.2, 0.25) is 0 Å². The minimum atomic E-state index is -5.53. The summed E-state index contributed by atoms with van der Waals surface area (Å²) < 4.78 is 130. The van der Waals surface area contributed by atoms with Gasteiger partial charge in [0, 0.05) is 24.2 Å². The summed E-state index contributed by atoms with van der Waals surface area (Å²) in [5.74, 6) is -11.8. The molecule has 37 heavy (non-hydrogen) atoms. The number of nitrogens with zero attached hydrogens (tertiary/aromatic N) is 2. The maximum absolute atomic E-state index is 15.6. The number of rotatable bonds is 3. The number of urea groups is 1. The SMILES string of the molecule is CN1CCOc2c(F)cc(F)cc2-c2cccc(c2F)CC2C(NS(=O)(=O)C(F)F)C(F)(F)CN2C1=O. The van der Waals surface area contributed by atoms with E-state index in [0.29, 0.717) is 11.0 Å². The quantitative estimate of drug-likeness (QED) is 0.588. The van der Waals surface area contributed by atoms with Crippen LogP contribution in [0.3, 0.4) is 0 Å². The van der Waals surface area contributed by atoms with Crippen LogP contribution in [0.1, 0.15) is 5.56 Å². The first-order chi connectivity index (χ1) is 17.2. The number of alkyl halides is 4. The highest BCUT2D eigenvalue weighted by Crippen LogP contribution is 2.39. The fourth-order valence-corrected chi connectivity index (χ4v) is 5.20. The molecule has 1 saturated heterocycles. The van der Waals surface area contributed by atoms with E-state index in [-0.39, 0.29) is 23.2 Å². The molecule has 0 spiro atoms. The van der Waals surface area contributed by atoms with Gasteiger partial charge in [0.15, 0.2) is 11.6 Å². The molecular formula is C22H20F7N3O4S. The lowest BCUT2D eigenvalue weighted by Gasteiger charge is -2.31. The van der Waals surface area contributed by atoms with Crippen molar-refractivity contribution in [1.82, 2.24) is 14.5 Å². The highest BCUT2D eigenvalue weighted by atomic mass is 32.2. The number of sulfonamides is 1. The monoisotopic (exact) mass is 555 g/mol. The second-order valence-corrected chi connectivity index (χ2v) is 10.3. The van der Waals surface area contributed by atoms with E-state index in [9.17, 15) is 39.6 Å². The van der Waals surface area contributed by atoms with E-state index in [0.717, 1.165) is 23.1 Å². The molecule has 202 valence electrons. The van der Waals surface area contributed by atoms with Crippen molar-refractivity contribution in [2.45, 2.75) is 30.2 Å². The number of carbonyl (C=O) groups excluding carboxylic acids is 1. The van der Waals surface area contributed by atoms with Gasteiger partial charge in [-0.05, 0) is 18.1 Å². The number of likely N-dealkylation sites (N-methyl/N-ethyl adjacent to an activating group) is 1. The van der Waals surface area contributed by atoms with Crippen LogP contribution in [0, 0.1) is 17.5 Å². The molecule has 15 heteroatoms. The van der Waals surface area contributed by atoms with Gasteiger partial charge >= 0.3 is 11.8 Å². The first-order valence-corrected chi connectivity index (χ1v) is 12.4. The van der Waals surface area contributed by atoms with Crippen LogP contribution in [0.15, 0.2) is 30.3 Å². The third-order valence-corrected chi connectivity index (χ3v) is 7.25. The highest BCUT2D eigenvalue weighted by molar-refractivity contribution is 7.89. The molecule has 2 aromatic rings. The molecule has 1 fully saturated rings. The zero-order valence-electron chi connectivity index (χ0n) is 19.0. The van der Waals surface area contributed by atoms with Gasteiger partial charge in [-0.3, -0.25) is 0 Å². The first-order valence-electron chi connectivity index (χ1n) is 10.8. The topological polar surface area (TPSA) is 79.0 Å². The number of hydrogen-bond acceptors (Lipinski definition) is 4. The van der Waals surface area contributed by atoms with Crippen molar-refractivity contribution in [3.63, 3.8) is 0 Å². The van der Waals surface area contributed by atoms with Gasteiger partial charge in [0.05, 0.1) is 19.1 Å². The summed E-state index contributed by atoms with van der Waals surface area (Å²) in [5, 5.41) is 0. The fraction of sp³-hybridized carbons (Fsp3) is 0.409. The molecule has 2 unspecified atom stereocenters. The Morgan fingerprint density at radius 1 is 1.14 bits per heavy atom. The van der Waals surface area contributed by atoms with Crippen molar-refractivity contribution in [3.8, 4) is 16.9 Å². The molecule has 2 aromatic carbocycles. The molecule has 2 heterocycles. The van der Waals surface area contributed by atoms with Gasteiger partial charge in [-0.25, -0.2) is 35.2 Å². The Bertz CT molecular complexity index is 1330. The predicted octanol–water partition coefficient (Wildman–Crippen LogP) is 3.59. The molecule has 2 amide bonds. The van der Waals surface area contributed by atoms with Gasteiger partial charge in [0.1, 0.15) is 24.3 Å². The van der Waals surface area contributed by atoms with Crippen LogP contribution in [0.5, 0.6) is 5.75 Å². The second kappa shape index (κ2) is 9.67. The molecule has 2 bridgehead atoms. The summed E-state index contributed by atoms with van der Waals surface area (Å²) in [6, 6.07) is -0.489. The maximum atomic E-state index is 15.6. The van der Waals surface area contributed by atoms with E-state index >= 15 is 4.39 Å². The Labute approximate surface area is 206 Å². The fourth-order valence-electron chi connectivity index (χ4n) is 4.41. The van der Waals surface area contributed by atoms with E-state index in [2.05, 4.69) is 0 Å². The van der Waals surface area contributed by atoms with Crippen molar-refractivity contribution in [3.05, 3.63) is 53.3 Å². The molecule has 0 aromatic heterocycles. The standard InChI is InChI=1S/C22H20F7N3O4S/c1-31-5-6-36-18-14(8-12(23)9-15(18)24)13-4-2-3-11(17(13)25)7-16-19(30-37(34,35)20(26)27)22(28,29)10-32(16)21(31)33/h2-4,8-9,16,19-20,30H,5-7,10H2,1H3. The molecule has 2 atom stereocenters. The minimum absolute atomic E-state index is 0.294. The number of hydrogen-bond donors (Lipinski definition) is 1. The Morgan fingerprint density at radius 2 is 1.84 bits per heavy atom. The van der Waals surface area contributed by atoms with Gasteiger partial charge in [-0.2, -0.15) is 13.5 Å². The summed E-state index contributed by atoms with van der Waals surface area (Å²) in [7, 11) is -4.34. The zero-order valence-corrected chi connectivity index (χ0v) is 19.8. The summed E-state index contributed by atoms with van der Waals surface area (Å²) in [4.78, 5) is 14.5. The molecule has 2 aliphatic rings. The summed E-state index contributed by atoms with van der Waals surface area (Å²) >= 11 is 0. The minimum Gasteiger partial charge on any atom is -0.488 e. The first kappa shape index (κ1) is 27.0. The Balaban J connectivity index is 1.88. The van der Waals surface area contributed by atoms with Crippen molar-refractivity contribution in [1.29, 1.82) is 0 Å². The van der Waals surface area contributed by atoms with Gasteiger partial charge < -0.3 is 14.5 Å². The molecule has 2 aliphatic heterocycles. The summed E-state index contributed by atoms with van der Waals surface area (Å²) in [6.07, 6.45) is -0.737. The van der Waals surface area contributed by atoms with Crippen LogP contribution in [0.25, 0.3) is 11.1 Å². The Hall–Kier alpha value is -3.07. The number of ether oxygens (including phenoxy) is 1. The number of fused-ring (bicyclic) bond motifs is 5. The van der Waals surface area contributed by atoms with Gasteiger partial charge in [0.25, 0.3) is 15.9 Å². The lowest BCUT2D eigenvalue weighted by atomic mass is 9.95. The molecule has 4 rings (SSSR count). The summed E-state index contributed by atoms with van der Waals surface area (Å²) in [5.41, 5.74) is -1.02. The van der Waals surface area contributed by atoms with E-state index < -0.39 is 82.6 Å². The third kappa shape index (κ3) is 5.06. The lowest BCUT2D eigenvalue weighted by Crippen LogP contribution is -2.54. The van der Waals surface area contributed by atoms with Crippen LogP contribution in [-0.4, -0.2) is 74.8 Å². The molecule has 0 radical (unpaired) electrons. The van der Waals surface area contributed by atoms with Crippen molar-refractivity contribution in [2.24, 2.45) is 0 Å². The smallest absolute Gasteiger partial charge is 0.350 e. The van der Waals surface area contributed by atoms with E-state index in [1.807, 2.05) is 0 Å². The molecule has 1 N–H and O–H groups in total. The van der Waals surface area contributed by atoms with Crippen LogP contribution >= 0.6 is 0 Å². The molecular weight excluding hydrogens is 535 g/mol. The van der Waals surface area contributed by atoms with Crippen molar-refractivity contribution >= 4 is 16.1 Å². The van der Waals surface area contributed by atoms with Gasteiger partial charge in [-0.15, -0.1) is 0 Å². The van der Waals surface area contributed by atoms with Crippen molar-refractivity contribution < 1.29 is 48.7 Å². The Kier molecular flexibility index (Phi) is 7.05.